The summed E-state index contributed by atoms with van der Waals surface area (Å²) < 4.78 is 1.08. The molecule has 1 saturated heterocycles. The van der Waals surface area contributed by atoms with Crippen molar-refractivity contribution in [3.8, 4) is 5.75 Å². The van der Waals surface area contributed by atoms with E-state index in [1.54, 1.807) is 6.07 Å². The van der Waals surface area contributed by atoms with E-state index < -0.39 is 0 Å². The Morgan fingerprint density at radius 1 is 1.33 bits per heavy atom. The number of aromatic hydroxyl groups is 1. The highest BCUT2D eigenvalue weighted by atomic mass is 79.9. The molecule has 0 amide bonds. The van der Waals surface area contributed by atoms with E-state index in [2.05, 4.69) is 41.6 Å². The van der Waals surface area contributed by atoms with Gasteiger partial charge in [0.15, 0.2) is 0 Å². The molecule has 1 N–H and O–H groups in total. The lowest BCUT2D eigenvalue weighted by Gasteiger charge is -2.41. The maximum absolute atomic E-state index is 9.60. The highest BCUT2D eigenvalue weighted by Crippen LogP contribution is 2.30. The number of rotatable bonds is 2. The van der Waals surface area contributed by atoms with Gasteiger partial charge in [0, 0.05) is 23.6 Å². The van der Waals surface area contributed by atoms with Crippen LogP contribution in [0, 0.1) is 11.8 Å². The largest absolute Gasteiger partial charge is 0.508 e. The van der Waals surface area contributed by atoms with Gasteiger partial charge in [-0.05, 0) is 48.9 Å². The third kappa shape index (κ3) is 3.07. The Morgan fingerprint density at radius 3 is 2.78 bits per heavy atom. The molecule has 3 unspecified atom stereocenters. The molecule has 0 spiro atoms. The van der Waals surface area contributed by atoms with Crippen molar-refractivity contribution < 1.29 is 5.11 Å². The van der Waals surface area contributed by atoms with Crippen LogP contribution in [-0.2, 0) is 6.54 Å². The number of likely N-dealkylation sites (tertiary alicyclic amines) is 1. The Hall–Kier alpha value is -0.540. The van der Waals surface area contributed by atoms with E-state index in [1.165, 1.54) is 12.0 Å². The summed E-state index contributed by atoms with van der Waals surface area (Å²) in [5, 5.41) is 9.60. The van der Waals surface area contributed by atoms with Crippen LogP contribution in [0.25, 0.3) is 0 Å². The van der Waals surface area contributed by atoms with E-state index in [0.717, 1.165) is 29.4 Å². The Balaban J connectivity index is 2.14. The van der Waals surface area contributed by atoms with Gasteiger partial charge in [-0.15, -0.1) is 0 Å². The first-order chi connectivity index (χ1) is 8.47. The van der Waals surface area contributed by atoms with Crippen LogP contribution in [0.2, 0.25) is 0 Å². The highest BCUT2D eigenvalue weighted by molar-refractivity contribution is 9.10. The Morgan fingerprint density at radius 2 is 2.06 bits per heavy atom. The van der Waals surface area contributed by atoms with Crippen LogP contribution in [0.3, 0.4) is 0 Å². The van der Waals surface area contributed by atoms with Gasteiger partial charge in [-0.2, -0.15) is 0 Å². The lowest BCUT2D eigenvalue weighted by atomic mass is 9.86. The number of nitrogens with zero attached hydrogens (tertiary/aromatic N) is 1. The van der Waals surface area contributed by atoms with Crippen molar-refractivity contribution in [3.05, 3.63) is 28.2 Å². The topological polar surface area (TPSA) is 23.5 Å². The molecule has 3 atom stereocenters. The van der Waals surface area contributed by atoms with Gasteiger partial charge < -0.3 is 5.11 Å². The molecule has 3 heteroatoms. The number of hydrogen-bond acceptors (Lipinski definition) is 2. The standard InChI is InChI=1S/C15H22BrNO/c1-10-6-11(2)12(3)17(8-10)9-13-7-14(18)4-5-15(13)16/h4-5,7,10-12,18H,6,8-9H2,1-3H3. The molecular weight excluding hydrogens is 290 g/mol. The fourth-order valence-electron chi connectivity index (χ4n) is 2.94. The van der Waals surface area contributed by atoms with E-state index in [-0.39, 0.29) is 0 Å². The van der Waals surface area contributed by atoms with Crippen molar-refractivity contribution in [3.63, 3.8) is 0 Å². The summed E-state index contributed by atoms with van der Waals surface area (Å²) in [4.78, 5) is 2.53. The zero-order chi connectivity index (χ0) is 13.3. The van der Waals surface area contributed by atoms with Gasteiger partial charge >= 0.3 is 0 Å². The van der Waals surface area contributed by atoms with Crippen molar-refractivity contribution in [2.24, 2.45) is 11.8 Å². The molecule has 2 rings (SSSR count). The smallest absolute Gasteiger partial charge is 0.115 e. The van der Waals surface area contributed by atoms with Crippen LogP contribution >= 0.6 is 15.9 Å². The minimum atomic E-state index is 0.346. The van der Waals surface area contributed by atoms with Gasteiger partial charge in [-0.1, -0.05) is 29.8 Å². The van der Waals surface area contributed by atoms with Crippen molar-refractivity contribution in [2.75, 3.05) is 6.54 Å². The molecule has 1 aliphatic heterocycles. The van der Waals surface area contributed by atoms with Crippen LogP contribution in [0.15, 0.2) is 22.7 Å². The Kier molecular flexibility index (Phi) is 4.33. The van der Waals surface area contributed by atoms with Gasteiger partial charge in [-0.3, -0.25) is 4.90 Å². The lowest BCUT2D eigenvalue weighted by Crippen LogP contribution is -2.45. The number of phenolic OH excluding ortho intramolecular Hbond substituents is 1. The molecule has 1 heterocycles. The third-order valence-electron chi connectivity index (χ3n) is 4.12. The summed E-state index contributed by atoms with van der Waals surface area (Å²) in [5.41, 5.74) is 1.17. The number of phenols is 1. The number of halogens is 1. The molecule has 1 aromatic carbocycles. The molecule has 0 aromatic heterocycles. The SMILES string of the molecule is CC1CC(C)C(C)N(Cc2cc(O)ccc2Br)C1. The van der Waals surface area contributed by atoms with Crippen LogP contribution in [0.5, 0.6) is 5.75 Å². The predicted molar refractivity (Wildman–Crippen MR) is 78.6 cm³/mol. The summed E-state index contributed by atoms with van der Waals surface area (Å²) in [6, 6.07) is 6.11. The second-order valence-corrected chi connectivity index (χ2v) is 6.62. The van der Waals surface area contributed by atoms with Gasteiger partial charge in [0.25, 0.3) is 0 Å². The molecule has 0 saturated carbocycles. The van der Waals surface area contributed by atoms with E-state index >= 15 is 0 Å². The van der Waals surface area contributed by atoms with Crippen molar-refractivity contribution in [1.29, 1.82) is 0 Å². The van der Waals surface area contributed by atoms with E-state index in [9.17, 15) is 5.11 Å². The van der Waals surface area contributed by atoms with E-state index in [4.69, 9.17) is 0 Å². The summed E-state index contributed by atoms with van der Waals surface area (Å²) >= 11 is 3.57. The molecule has 1 fully saturated rings. The molecular formula is C15H22BrNO. The maximum atomic E-state index is 9.60. The Labute approximate surface area is 118 Å². The van der Waals surface area contributed by atoms with Crippen molar-refractivity contribution >= 4 is 15.9 Å². The fourth-order valence-corrected chi connectivity index (χ4v) is 3.31. The number of benzene rings is 1. The monoisotopic (exact) mass is 311 g/mol. The number of hydrogen-bond donors (Lipinski definition) is 1. The minimum Gasteiger partial charge on any atom is -0.508 e. The molecule has 2 nitrogen and oxygen atoms in total. The molecule has 0 bridgehead atoms. The maximum Gasteiger partial charge on any atom is 0.115 e. The van der Waals surface area contributed by atoms with Crippen LogP contribution in [-0.4, -0.2) is 22.6 Å². The predicted octanol–water partition coefficient (Wildman–Crippen LogP) is 4.02. The van der Waals surface area contributed by atoms with Gasteiger partial charge in [0.05, 0.1) is 0 Å². The molecule has 1 aromatic rings. The number of piperidine rings is 1. The van der Waals surface area contributed by atoms with Gasteiger partial charge in [-0.25, -0.2) is 0 Å². The second kappa shape index (κ2) is 5.62. The van der Waals surface area contributed by atoms with E-state index in [1.807, 2.05) is 12.1 Å². The molecule has 0 aliphatic carbocycles. The summed E-state index contributed by atoms with van der Waals surface area (Å²) in [6.07, 6.45) is 1.32. The van der Waals surface area contributed by atoms with Crippen LogP contribution < -0.4 is 0 Å². The summed E-state index contributed by atoms with van der Waals surface area (Å²) in [5.74, 6) is 1.84. The first kappa shape index (κ1) is 13.9. The third-order valence-corrected chi connectivity index (χ3v) is 4.90. The van der Waals surface area contributed by atoms with Crippen molar-refractivity contribution in [2.45, 2.75) is 39.8 Å². The van der Waals surface area contributed by atoms with Crippen molar-refractivity contribution in [1.82, 2.24) is 4.90 Å². The summed E-state index contributed by atoms with van der Waals surface area (Å²) in [7, 11) is 0. The quantitative estimate of drug-likeness (QED) is 0.891. The summed E-state index contributed by atoms with van der Waals surface area (Å²) in [6.45, 7) is 9.03. The zero-order valence-corrected chi connectivity index (χ0v) is 12.9. The fraction of sp³-hybridized carbons (Fsp3) is 0.600. The van der Waals surface area contributed by atoms with Gasteiger partial charge in [0.2, 0.25) is 0 Å². The van der Waals surface area contributed by atoms with Gasteiger partial charge in [0.1, 0.15) is 5.75 Å². The highest BCUT2D eigenvalue weighted by Gasteiger charge is 2.28. The van der Waals surface area contributed by atoms with Crippen LogP contribution in [0.1, 0.15) is 32.8 Å². The molecule has 100 valence electrons. The normalized spacial score (nSPS) is 29.4. The zero-order valence-electron chi connectivity index (χ0n) is 11.4. The molecule has 1 aliphatic rings. The first-order valence-electron chi connectivity index (χ1n) is 6.68. The average molecular weight is 312 g/mol. The average Bonchev–Trinajstić information content (AvgIpc) is 2.30. The minimum absolute atomic E-state index is 0.346. The molecule has 0 radical (unpaired) electrons. The Bertz CT molecular complexity index is 421. The van der Waals surface area contributed by atoms with E-state index in [0.29, 0.717) is 11.8 Å². The first-order valence-corrected chi connectivity index (χ1v) is 7.48. The van der Waals surface area contributed by atoms with Crippen LogP contribution in [0.4, 0.5) is 0 Å². The lowest BCUT2D eigenvalue weighted by molar-refractivity contribution is 0.0727. The molecule has 18 heavy (non-hydrogen) atoms. The second-order valence-electron chi connectivity index (χ2n) is 5.76.